The fraction of sp³-hybridized carbons (Fsp3) is 0.500. The van der Waals surface area contributed by atoms with Crippen LogP contribution in [0.5, 0.6) is 0 Å². The summed E-state index contributed by atoms with van der Waals surface area (Å²) in [6.45, 7) is 2.80. The molecular weight excluding hydrogens is 285 g/mol. The number of ether oxygens (including phenoxy) is 1. The Balaban J connectivity index is 3.27. The normalized spacial score (nSPS) is 11.8. The number of hydrogen-bond acceptors (Lipinski definition) is 3. The summed E-state index contributed by atoms with van der Waals surface area (Å²) in [5.74, 6) is -0.793. The number of rotatable bonds is 4. The lowest BCUT2D eigenvalue weighted by molar-refractivity contribution is -0.142. The van der Waals surface area contributed by atoms with Crippen LogP contribution in [-0.2, 0) is 22.1 Å². The molecule has 1 aromatic rings. The number of hydrogen-bond donors (Lipinski definition) is 0. The summed E-state index contributed by atoms with van der Waals surface area (Å²) in [5, 5.41) is 0. The molecule has 112 valence electrons. The standard InChI is InChI=1S/C12H12F5NO2/c1-3-20-9(19)5-7-6(2)4-8(12(15,16)17)18-10(7)11(13)14/h4,11H,3,5H2,1-2H3. The molecular formula is C12H12F5NO2. The summed E-state index contributed by atoms with van der Waals surface area (Å²) in [5.41, 5.74) is -2.74. The van der Waals surface area contributed by atoms with Gasteiger partial charge >= 0.3 is 12.1 Å². The fourth-order valence-corrected chi connectivity index (χ4v) is 1.64. The van der Waals surface area contributed by atoms with Gasteiger partial charge in [0.05, 0.1) is 13.0 Å². The van der Waals surface area contributed by atoms with Gasteiger partial charge in [0.15, 0.2) is 0 Å². The Hall–Kier alpha value is -1.73. The highest BCUT2D eigenvalue weighted by Crippen LogP contribution is 2.32. The predicted octanol–water partition coefficient (Wildman–Crippen LogP) is 3.45. The van der Waals surface area contributed by atoms with Crippen molar-refractivity contribution in [1.82, 2.24) is 4.98 Å². The molecule has 3 nitrogen and oxygen atoms in total. The Morgan fingerprint density at radius 1 is 1.40 bits per heavy atom. The number of halogens is 5. The number of alkyl halides is 5. The number of aromatic nitrogens is 1. The Morgan fingerprint density at radius 2 is 2.00 bits per heavy atom. The van der Waals surface area contributed by atoms with E-state index < -0.39 is 36.4 Å². The molecule has 1 rings (SSSR count). The van der Waals surface area contributed by atoms with E-state index in [-0.39, 0.29) is 17.7 Å². The highest BCUT2D eigenvalue weighted by Gasteiger charge is 2.35. The maximum Gasteiger partial charge on any atom is 0.433 e. The molecule has 0 aliphatic rings. The van der Waals surface area contributed by atoms with Crippen molar-refractivity contribution in [2.75, 3.05) is 6.61 Å². The van der Waals surface area contributed by atoms with Crippen molar-refractivity contribution in [3.63, 3.8) is 0 Å². The lowest BCUT2D eigenvalue weighted by atomic mass is 10.0. The number of aryl methyl sites for hydroxylation is 1. The summed E-state index contributed by atoms with van der Waals surface area (Å²) in [6, 6.07) is 0.639. The number of nitrogens with zero attached hydrogens (tertiary/aromatic N) is 1. The first kappa shape index (κ1) is 16.3. The minimum Gasteiger partial charge on any atom is -0.466 e. The monoisotopic (exact) mass is 297 g/mol. The second kappa shape index (κ2) is 6.15. The SMILES string of the molecule is CCOC(=O)Cc1c(C)cc(C(F)(F)F)nc1C(F)F. The van der Waals surface area contributed by atoms with Gasteiger partial charge in [0, 0.05) is 0 Å². The Kier molecular flexibility index (Phi) is 5.02. The van der Waals surface area contributed by atoms with Crippen LogP contribution in [0.15, 0.2) is 6.07 Å². The summed E-state index contributed by atoms with van der Waals surface area (Å²) in [6.07, 6.45) is -8.57. The minimum absolute atomic E-state index is 0.0515. The third-order valence-corrected chi connectivity index (χ3v) is 2.50. The van der Waals surface area contributed by atoms with Crippen LogP contribution < -0.4 is 0 Å². The van der Waals surface area contributed by atoms with E-state index in [1.807, 2.05) is 0 Å². The quantitative estimate of drug-likeness (QED) is 0.631. The van der Waals surface area contributed by atoms with E-state index in [1.165, 1.54) is 13.8 Å². The second-order valence-electron chi connectivity index (χ2n) is 3.97. The molecule has 1 aromatic heterocycles. The molecule has 0 amide bonds. The van der Waals surface area contributed by atoms with Gasteiger partial charge in [-0.3, -0.25) is 4.79 Å². The van der Waals surface area contributed by atoms with Gasteiger partial charge in [-0.2, -0.15) is 13.2 Å². The minimum atomic E-state index is -4.82. The first-order chi connectivity index (χ1) is 9.16. The highest BCUT2D eigenvalue weighted by molar-refractivity contribution is 5.73. The van der Waals surface area contributed by atoms with Crippen molar-refractivity contribution in [2.45, 2.75) is 32.9 Å². The lowest BCUT2D eigenvalue weighted by Gasteiger charge is -2.14. The van der Waals surface area contributed by atoms with Gasteiger partial charge in [-0.25, -0.2) is 13.8 Å². The van der Waals surface area contributed by atoms with Crippen LogP contribution in [0.4, 0.5) is 22.0 Å². The second-order valence-corrected chi connectivity index (χ2v) is 3.97. The van der Waals surface area contributed by atoms with Crippen LogP contribution >= 0.6 is 0 Å². The van der Waals surface area contributed by atoms with Crippen molar-refractivity contribution >= 4 is 5.97 Å². The number of carbonyl (C=O) groups is 1. The third-order valence-electron chi connectivity index (χ3n) is 2.50. The number of carbonyl (C=O) groups excluding carboxylic acids is 1. The summed E-state index contributed by atoms with van der Waals surface area (Å²) < 4.78 is 67.8. The molecule has 0 unspecified atom stereocenters. The van der Waals surface area contributed by atoms with Crippen LogP contribution in [0.3, 0.4) is 0 Å². The van der Waals surface area contributed by atoms with E-state index in [0.29, 0.717) is 6.07 Å². The molecule has 1 heterocycles. The Labute approximate surface area is 111 Å². The molecule has 20 heavy (non-hydrogen) atoms. The Morgan fingerprint density at radius 3 is 2.45 bits per heavy atom. The van der Waals surface area contributed by atoms with Gasteiger partial charge in [0.25, 0.3) is 6.43 Å². The van der Waals surface area contributed by atoms with Gasteiger partial charge in [-0.05, 0) is 31.0 Å². The molecule has 0 saturated carbocycles. The highest BCUT2D eigenvalue weighted by atomic mass is 19.4. The van der Waals surface area contributed by atoms with Gasteiger partial charge in [0.1, 0.15) is 11.4 Å². The van der Waals surface area contributed by atoms with E-state index in [4.69, 9.17) is 0 Å². The van der Waals surface area contributed by atoms with Crippen LogP contribution in [0.2, 0.25) is 0 Å². The van der Waals surface area contributed by atoms with E-state index in [2.05, 4.69) is 9.72 Å². The van der Waals surface area contributed by atoms with Gasteiger partial charge < -0.3 is 4.74 Å². The van der Waals surface area contributed by atoms with Crippen LogP contribution in [0, 0.1) is 6.92 Å². The van der Waals surface area contributed by atoms with Crippen LogP contribution in [0.25, 0.3) is 0 Å². The van der Waals surface area contributed by atoms with Gasteiger partial charge in [-0.15, -0.1) is 0 Å². The van der Waals surface area contributed by atoms with E-state index in [1.54, 1.807) is 0 Å². The zero-order chi connectivity index (χ0) is 15.5. The van der Waals surface area contributed by atoms with Crippen molar-refractivity contribution in [2.24, 2.45) is 0 Å². The summed E-state index contributed by atoms with van der Waals surface area (Å²) in [7, 11) is 0. The Bertz CT molecular complexity index is 499. The smallest absolute Gasteiger partial charge is 0.433 e. The van der Waals surface area contributed by atoms with Crippen molar-refractivity contribution in [1.29, 1.82) is 0 Å². The topological polar surface area (TPSA) is 39.2 Å². The van der Waals surface area contributed by atoms with E-state index >= 15 is 0 Å². The molecule has 0 fully saturated rings. The molecule has 8 heteroatoms. The zero-order valence-corrected chi connectivity index (χ0v) is 10.7. The fourth-order valence-electron chi connectivity index (χ4n) is 1.64. The number of pyridine rings is 1. The lowest BCUT2D eigenvalue weighted by Crippen LogP contribution is -2.16. The first-order valence-electron chi connectivity index (χ1n) is 5.68. The molecule has 0 bridgehead atoms. The molecule has 0 aliphatic heterocycles. The molecule has 0 aromatic carbocycles. The molecule has 0 N–H and O–H groups in total. The maximum atomic E-state index is 12.8. The maximum absolute atomic E-state index is 12.8. The number of esters is 1. The van der Waals surface area contributed by atoms with E-state index in [0.717, 1.165) is 0 Å². The van der Waals surface area contributed by atoms with E-state index in [9.17, 15) is 26.7 Å². The first-order valence-corrected chi connectivity index (χ1v) is 5.68. The molecule has 0 aliphatic carbocycles. The molecule has 0 spiro atoms. The summed E-state index contributed by atoms with van der Waals surface area (Å²) in [4.78, 5) is 14.2. The van der Waals surface area contributed by atoms with Crippen LogP contribution in [0.1, 0.15) is 35.9 Å². The van der Waals surface area contributed by atoms with Gasteiger partial charge in [0.2, 0.25) is 0 Å². The van der Waals surface area contributed by atoms with Crippen molar-refractivity contribution < 1.29 is 31.5 Å². The molecule has 0 saturated heterocycles. The molecule has 0 radical (unpaired) electrons. The average Bonchev–Trinajstić information content (AvgIpc) is 2.30. The van der Waals surface area contributed by atoms with Crippen molar-refractivity contribution in [3.05, 3.63) is 28.6 Å². The average molecular weight is 297 g/mol. The largest absolute Gasteiger partial charge is 0.466 e. The summed E-state index contributed by atoms with van der Waals surface area (Å²) >= 11 is 0. The van der Waals surface area contributed by atoms with Gasteiger partial charge in [-0.1, -0.05) is 0 Å². The third kappa shape index (κ3) is 3.88. The van der Waals surface area contributed by atoms with Crippen molar-refractivity contribution in [3.8, 4) is 0 Å². The zero-order valence-electron chi connectivity index (χ0n) is 10.7. The van der Waals surface area contributed by atoms with Crippen LogP contribution in [-0.4, -0.2) is 17.6 Å². The molecule has 0 atom stereocenters. The predicted molar refractivity (Wildman–Crippen MR) is 59.3 cm³/mol.